The first-order valence-electron chi connectivity index (χ1n) is 5.21. The molecule has 0 aliphatic rings. The third-order valence-corrected chi connectivity index (χ3v) is 2.04. The molecule has 0 saturated carbocycles. The molecule has 0 fully saturated rings. The highest BCUT2D eigenvalue weighted by molar-refractivity contribution is 5.76. The molecule has 82 valence electrons. The fraction of sp³-hybridized carbons (Fsp3) is 0.417. The van der Waals surface area contributed by atoms with Crippen molar-refractivity contribution in [1.29, 1.82) is 0 Å². The molecule has 15 heavy (non-hydrogen) atoms. The first-order chi connectivity index (χ1) is 7.08. The summed E-state index contributed by atoms with van der Waals surface area (Å²) in [6.45, 7) is 3.91. The number of nitrogen functional groups attached to an aromatic ring is 1. The quantitative estimate of drug-likeness (QED) is 0.737. The predicted octanol–water partition coefficient (Wildman–Crippen LogP) is 1.73. The van der Waals surface area contributed by atoms with E-state index in [0.717, 1.165) is 17.7 Å². The SMILES string of the molecule is CC(C)NC(=O)CCc1cccc(N)c1. The number of rotatable bonds is 4. The predicted molar refractivity (Wildman–Crippen MR) is 62.5 cm³/mol. The van der Waals surface area contributed by atoms with Gasteiger partial charge in [0, 0.05) is 18.2 Å². The standard InChI is InChI=1S/C12H18N2O/c1-9(2)14-12(15)7-6-10-4-3-5-11(13)8-10/h3-5,8-9H,6-7,13H2,1-2H3,(H,14,15). The average Bonchev–Trinajstić information content (AvgIpc) is 2.14. The summed E-state index contributed by atoms with van der Waals surface area (Å²) in [6.07, 6.45) is 1.26. The highest BCUT2D eigenvalue weighted by atomic mass is 16.1. The van der Waals surface area contributed by atoms with E-state index < -0.39 is 0 Å². The van der Waals surface area contributed by atoms with E-state index >= 15 is 0 Å². The first kappa shape index (κ1) is 11.6. The van der Waals surface area contributed by atoms with Crippen LogP contribution >= 0.6 is 0 Å². The Bertz CT molecular complexity index is 334. The number of carbonyl (C=O) groups is 1. The van der Waals surface area contributed by atoms with Crippen molar-refractivity contribution in [3.8, 4) is 0 Å². The highest BCUT2D eigenvalue weighted by Gasteiger charge is 2.03. The maximum atomic E-state index is 11.4. The zero-order valence-corrected chi connectivity index (χ0v) is 9.29. The molecule has 0 aromatic heterocycles. The maximum Gasteiger partial charge on any atom is 0.220 e. The largest absolute Gasteiger partial charge is 0.399 e. The van der Waals surface area contributed by atoms with Crippen LogP contribution in [0.3, 0.4) is 0 Å². The van der Waals surface area contributed by atoms with Crippen LogP contribution in [0.15, 0.2) is 24.3 Å². The number of carbonyl (C=O) groups excluding carboxylic acids is 1. The lowest BCUT2D eigenvalue weighted by molar-refractivity contribution is -0.121. The lowest BCUT2D eigenvalue weighted by Gasteiger charge is -2.08. The van der Waals surface area contributed by atoms with Gasteiger partial charge in [-0.25, -0.2) is 0 Å². The van der Waals surface area contributed by atoms with E-state index in [1.165, 1.54) is 0 Å². The van der Waals surface area contributed by atoms with Gasteiger partial charge in [-0.1, -0.05) is 12.1 Å². The molecular formula is C12H18N2O. The van der Waals surface area contributed by atoms with Gasteiger partial charge in [0.05, 0.1) is 0 Å². The molecule has 3 heteroatoms. The fourth-order valence-electron chi connectivity index (χ4n) is 1.40. The third kappa shape index (κ3) is 4.49. The van der Waals surface area contributed by atoms with Gasteiger partial charge in [-0.2, -0.15) is 0 Å². The molecular weight excluding hydrogens is 188 g/mol. The van der Waals surface area contributed by atoms with Crippen LogP contribution in [0.5, 0.6) is 0 Å². The molecule has 1 rings (SSSR count). The van der Waals surface area contributed by atoms with E-state index in [-0.39, 0.29) is 11.9 Å². The van der Waals surface area contributed by atoms with E-state index in [2.05, 4.69) is 5.32 Å². The van der Waals surface area contributed by atoms with Gasteiger partial charge in [0.15, 0.2) is 0 Å². The summed E-state index contributed by atoms with van der Waals surface area (Å²) in [6, 6.07) is 7.85. The van der Waals surface area contributed by atoms with Crippen molar-refractivity contribution in [2.45, 2.75) is 32.7 Å². The van der Waals surface area contributed by atoms with E-state index in [0.29, 0.717) is 6.42 Å². The summed E-state index contributed by atoms with van der Waals surface area (Å²) in [5.41, 5.74) is 7.50. The second kappa shape index (κ2) is 5.39. The second-order valence-corrected chi connectivity index (χ2v) is 3.97. The Balaban J connectivity index is 2.40. The maximum absolute atomic E-state index is 11.4. The Hall–Kier alpha value is -1.51. The summed E-state index contributed by atoms with van der Waals surface area (Å²) in [7, 11) is 0. The number of amides is 1. The highest BCUT2D eigenvalue weighted by Crippen LogP contribution is 2.08. The Kier molecular flexibility index (Phi) is 4.16. The van der Waals surface area contributed by atoms with Crippen molar-refractivity contribution in [2.24, 2.45) is 0 Å². The Labute approximate surface area is 90.7 Å². The molecule has 1 aromatic rings. The van der Waals surface area contributed by atoms with Crippen LogP contribution in [-0.4, -0.2) is 11.9 Å². The normalized spacial score (nSPS) is 10.3. The van der Waals surface area contributed by atoms with Crippen molar-refractivity contribution in [3.63, 3.8) is 0 Å². The molecule has 0 radical (unpaired) electrons. The zero-order chi connectivity index (χ0) is 11.3. The van der Waals surface area contributed by atoms with Crippen LogP contribution in [-0.2, 0) is 11.2 Å². The molecule has 1 aromatic carbocycles. The molecule has 0 aliphatic heterocycles. The molecule has 0 atom stereocenters. The van der Waals surface area contributed by atoms with Crippen molar-refractivity contribution in [1.82, 2.24) is 5.32 Å². The number of anilines is 1. The van der Waals surface area contributed by atoms with E-state index in [1.54, 1.807) is 0 Å². The molecule has 0 saturated heterocycles. The monoisotopic (exact) mass is 206 g/mol. The Morgan fingerprint density at radius 1 is 1.47 bits per heavy atom. The number of nitrogens with one attached hydrogen (secondary N) is 1. The number of hydrogen-bond acceptors (Lipinski definition) is 2. The molecule has 0 aliphatic carbocycles. The minimum absolute atomic E-state index is 0.0902. The van der Waals surface area contributed by atoms with Gasteiger partial charge in [-0.3, -0.25) is 4.79 Å². The van der Waals surface area contributed by atoms with Crippen molar-refractivity contribution >= 4 is 11.6 Å². The summed E-state index contributed by atoms with van der Waals surface area (Å²) in [5, 5.41) is 2.86. The lowest BCUT2D eigenvalue weighted by atomic mass is 10.1. The zero-order valence-electron chi connectivity index (χ0n) is 9.29. The van der Waals surface area contributed by atoms with Crippen LogP contribution < -0.4 is 11.1 Å². The molecule has 0 spiro atoms. The van der Waals surface area contributed by atoms with Crippen molar-refractivity contribution in [2.75, 3.05) is 5.73 Å². The fourth-order valence-corrected chi connectivity index (χ4v) is 1.40. The number of aryl methyl sites for hydroxylation is 1. The lowest BCUT2D eigenvalue weighted by Crippen LogP contribution is -2.30. The number of nitrogens with two attached hydrogens (primary N) is 1. The molecule has 0 heterocycles. The molecule has 3 N–H and O–H groups in total. The van der Waals surface area contributed by atoms with Gasteiger partial charge in [0.1, 0.15) is 0 Å². The number of hydrogen-bond donors (Lipinski definition) is 2. The molecule has 1 amide bonds. The number of benzene rings is 1. The summed E-state index contributed by atoms with van der Waals surface area (Å²) >= 11 is 0. The van der Waals surface area contributed by atoms with Gasteiger partial charge < -0.3 is 11.1 Å². The third-order valence-electron chi connectivity index (χ3n) is 2.04. The summed E-state index contributed by atoms with van der Waals surface area (Å²) in [4.78, 5) is 11.4. The Morgan fingerprint density at radius 3 is 2.80 bits per heavy atom. The topological polar surface area (TPSA) is 55.1 Å². The van der Waals surface area contributed by atoms with Crippen LogP contribution in [0.4, 0.5) is 5.69 Å². The van der Waals surface area contributed by atoms with Crippen LogP contribution in [0, 0.1) is 0 Å². The van der Waals surface area contributed by atoms with E-state index in [4.69, 9.17) is 5.73 Å². The molecule has 3 nitrogen and oxygen atoms in total. The Morgan fingerprint density at radius 2 is 2.20 bits per heavy atom. The van der Waals surface area contributed by atoms with Gasteiger partial charge in [-0.05, 0) is 38.0 Å². The van der Waals surface area contributed by atoms with Gasteiger partial charge in [-0.15, -0.1) is 0 Å². The first-order valence-corrected chi connectivity index (χ1v) is 5.21. The van der Waals surface area contributed by atoms with Crippen molar-refractivity contribution in [3.05, 3.63) is 29.8 Å². The minimum atomic E-state index is 0.0902. The smallest absolute Gasteiger partial charge is 0.220 e. The summed E-state index contributed by atoms with van der Waals surface area (Å²) < 4.78 is 0. The van der Waals surface area contributed by atoms with Gasteiger partial charge >= 0.3 is 0 Å². The average molecular weight is 206 g/mol. The minimum Gasteiger partial charge on any atom is -0.399 e. The van der Waals surface area contributed by atoms with Gasteiger partial charge in [0.25, 0.3) is 0 Å². The second-order valence-electron chi connectivity index (χ2n) is 3.97. The van der Waals surface area contributed by atoms with Crippen LogP contribution in [0.2, 0.25) is 0 Å². The summed E-state index contributed by atoms with van der Waals surface area (Å²) in [5.74, 6) is 0.0902. The van der Waals surface area contributed by atoms with E-state index in [9.17, 15) is 4.79 Å². The molecule has 0 unspecified atom stereocenters. The van der Waals surface area contributed by atoms with Crippen LogP contribution in [0.25, 0.3) is 0 Å². The van der Waals surface area contributed by atoms with E-state index in [1.807, 2.05) is 38.1 Å². The van der Waals surface area contributed by atoms with Crippen molar-refractivity contribution < 1.29 is 4.79 Å². The van der Waals surface area contributed by atoms with Crippen LogP contribution in [0.1, 0.15) is 25.8 Å². The molecule has 0 bridgehead atoms. The van der Waals surface area contributed by atoms with Gasteiger partial charge in [0.2, 0.25) is 5.91 Å².